The molecule has 2 aliphatic heterocycles. The zero-order valence-corrected chi connectivity index (χ0v) is 19.3. The summed E-state index contributed by atoms with van der Waals surface area (Å²) in [6.07, 6.45) is 3.48. The minimum Gasteiger partial charge on any atom is -0.368 e. The van der Waals surface area contributed by atoms with Crippen molar-refractivity contribution in [1.82, 2.24) is 15.3 Å². The highest BCUT2D eigenvalue weighted by atomic mass is 35.5. The van der Waals surface area contributed by atoms with Gasteiger partial charge in [0.1, 0.15) is 0 Å². The second-order valence-electron chi connectivity index (χ2n) is 8.43. The Morgan fingerprint density at radius 3 is 2.32 bits per heavy atom. The third kappa shape index (κ3) is 5.92. The van der Waals surface area contributed by atoms with Crippen molar-refractivity contribution in [2.24, 2.45) is 5.92 Å². The number of hydrogen-bond acceptors (Lipinski definition) is 4. The molecule has 0 radical (unpaired) electrons. The van der Waals surface area contributed by atoms with Crippen molar-refractivity contribution in [3.63, 3.8) is 0 Å². The average molecular weight is 461 g/mol. The average Bonchev–Trinajstić information content (AvgIpc) is 2.81. The topological polar surface area (TPSA) is 38.8 Å². The molecule has 1 N–H and O–H groups in total. The number of piperazine rings is 1. The van der Waals surface area contributed by atoms with Gasteiger partial charge in [0.2, 0.25) is 0 Å². The Morgan fingerprint density at radius 1 is 0.903 bits per heavy atom. The predicted molar refractivity (Wildman–Crippen MR) is 128 cm³/mol. The number of nitrogens with zero attached hydrogens (tertiary/aromatic N) is 3. The Labute approximate surface area is 194 Å². The fourth-order valence-corrected chi connectivity index (χ4v) is 4.86. The van der Waals surface area contributed by atoms with Gasteiger partial charge in [-0.05, 0) is 56.0 Å². The van der Waals surface area contributed by atoms with Crippen LogP contribution in [0.3, 0.4) is 0 Å². The van der Waals surface area contributed by atoms with Gasteiger partial charge in [0.25, 0.3) is 5.91 Å². The second-order valence-corrected chi connectivity index (χ2v) is 9.21. The Morgan fingerprint density at radius 2 is 1.61 bits per heavy atom. The molecule has 0 atom stereocenters. The number of amides is 1. The molecule has 0 spiro atoms. The lowest BCUT2D eigenvalue weighted by Gasteiger charge is -2.38. The van der Waals surface area contributed by atoms with Crippen molar-refractivity contribution in [3.05, 3.63) is 64.1 Å². The van der Waals surface area contributed by atoms with Crippen molar-refractivity contribution in [1.29, 1.82) is 0 Å². The maximum atomic E-state index is 12.3. The van der Waals surface area contributed by atoms with Gasteiger partial charge < -0.3 is 4.90 Å². The van der Waals surface area contributed by atoms with E-state index in [0.717, 1.165) is 70.3 Å². The van der Waals surface area contributed by atoms with E-state index in [-0.39, 0.29) is 5.91 Å². The summed E-state index contributed by atoms with van der Waals surface area (Å²) >= 11 is 12.6. The van der Waals surface area contributed by atoms with Crippen molar-refractivity contribution in [2.75, 3.05) is 50.7 Å². The van der Waals surface area contributed by atoms with Crippen molar-refractivity contribution < 1.29 is 4.79 Å². The first kappa shape index (κ1) is 22.4. The maximum absolute atomic E-state index is 12.3. The molecule has 2 aliphatic rings. The van der Waals surface area contributed by atoms with Crippen LogP contribution in [0.15, 0.2) is 48.5 Å². The molecule has 4 rings (SSSR count). The van der Waals surface area contributed by atoms with E-state index in [2.05, 4.69) is 20.2 Å². The van der Waals surface area contributed by atoms with Gasteiger partial charge in [-0.1, -0.05) is 47.5 Å². The molecule has 1 amide bonds. The van der Waals surface area contributed by atoms with Gasteiger partial charge in [-0.25, -0.2) is 5.01 Å². The minimum absolute atomic E-state index is 0.0169. The standard InChI is InChI=1S/C24H30Cl2N4O/c25-21-7-4-8-22(23(21)26)29-17-15-28(16-18-29)12-9-19-10-13-30(14-11-19)27-24(31)20-5-2-1-3-6-20/h1-8,19H,9-18H2,(H,27,31). The summed E-state index contributed by atoms with van der Waals surface area (Å²) in [6.45, 7) is 7.03. The SMILES string of the molecule is O=C(NN1CCC(CCN2CCN(c3cccc(Cl)c3Cl)CC2)CC1)c1ccccc1. The van der Waals surface area contributed by atoms with Gasteiger partial charge in [-0.3, -0.25) is 15.1 Å². The van der Waals surface area contributed by atoms with Crippen LogP contribution in [0, 0.1) is 5.92 Å². The molecule has 2 heterocycles. The number of nitrogens with one attached hydrogen (secondary N) is 1. The number of piperidine rings is 1. The molecule has 2 saturated heterocycles. The van der Waals surface area contributed by atoms with Crippen LogP contribution in [0.4, 0.5) is 5.69 Å². The van der Waals surface area contributed by atoms with E-state index < -0.39 is 0 Å². The van der Waals surface area contributed by atoms with Gasteiger partial charge in [0.05, 0.1) is 15.7 Å². The van der Waals surface area contributed by atoms with Gasteiger partial charge in [-0.2, -0.15) is 0 Å². The zero-order chi connectivity index (χ0) is 21.6. The van der Waals surface area contributed by atoms with Crippen molar-refractivity contribution in [2.45, 2.75) is 19.3 Å². The smallest absolute Gasteiger partial charge is 0.265 e. The molecule has 5 nitrogen and oxygen atoms in total. The molecular formula is C24H30Cl2N4O. The first-order valence-electron chi connectivity index (χ1n) is 11.1. The number of hydrogen-bond donors (Lipinski definition) is 1. The summed E-state index contributed by atoms with van der Waals surface area (Å²) in [5.74, 6) is 0.710. The molecular weight excluding hydrogens is 431 g/mol. The molecule has 0 unspecified atom stereocenters. The number of halogens is 2. The summed E-state index contributed by atoms with van der Waals surface area (Å²) < 4.78 is 0. The molecule has 0 bridgehead atoms. The van der Waals surface area contributed by atoms with E-state index in [1.165, 1.54) is 6.42 Å². The number of rotatable bonds is 6. The van der Waals surface area contributed by atoms with E-state index in [9.17, 15) is 4.79 Å². The molecule has 0 saturated carbocycles. The summed E-state index contributed by atoms with van der Waals surface area (Å²) in [5.41, 5.74) is 4.80. The third-order valence-electron chi connectivity index (χ3n) is 6.41. The first-order valence-corrected chi connectivity index (χ1v) is 11.9. The number of carbonyl (C=O) groups is 1. The largest absolute Gasteiger partial charge is 0.368 e. The lowest BCUT2D eigenvalue weighted by molar-refractivity contribution is 0.0687. The summed E-state index contributed by atoms with van der Waals surface area (Å²) in [6, 6.07) is 15.3. The Kier molecular flexibility index (Phi) is 7.72. The summed E-state index contributed by atoms with van der Waals surface area (Å²) in [7, 11) is 0. The van der Waals surface area contributed by atoms with Crippen LogP contribution >= 0.6 is 23.2 Å². The number of benzene rings is 2. The molecule has 166 valence electrons. The monoisotopic (exact) mass is 460 g/mol. The minimum atomic E-state index is -0.0169. The summed E-state index contributed by atoms with van der Waals surface area (Å²) in [4.78, 5) is 17.2. The van der Waals surface area contributed by atoms with Gasteiger partial charge >= 0.3 is 0 Å². The number of carbonyl (C=O) groups excluding carboxylic acids is 1. The van der Waals surface area contributed by atoms with Crippen LogP contribution in [0.25, 0.3) is 0 Å². The van der Waals surface area contributed by atoms with Crippen LogP contribution in [0.2, 0.25) is 10.0 Å². The molecule has 2 aromatic rings. The van der Waals surface area contributed by atoms with E-state index in [1.807, 2.05) is 48.5 Å². The molecule has 2 aromatic carbocycles. The molecule has 31 heavy (non-hydrogen) atoms. The van der Waals surface area contributed by atoms with Gasteiger partial charge in [-0.15, -0.1) is 0 Å². The quantitative estimate of drug-likeness (QED) is 0.685. The van der Waals surface area contributed by atoms with Crippen molar-refractivity contribution >= 4 is 34.8 Å². The Hall–Kier alpha value is -1.79. The van der Waals surface area contributed by atoms with Crippen molar-refractivity contribution in [3.8, 4) is 0 Å². The van der Waals surface area contributed by atoms with Crippen LogP contribution in [0.5, 0.6) is 0 Å². The lowest BCUT2D eigenvalue weighted by atomic mass is 9.94. The lowest BCUT2D eigenvalue weighted by Crippen LogP contribution is -2.48. The second kappa shape index (κ2) is 10.7. The molecule has 7 heteroatoms. The zero-order valence-electron chi connectivity index (χ0n) is 17.8. The van der Waals surface area contributed by atoms with Gasteiger partial charge in [0, 0.05) is 44.8 Å². The normalized spacial score (nSPS) is 18.8. The van der Waals surface area contributed by atoms with E-state index >= 15 is 0 Å². The number of hydrazine groups is 1. The fraction of sp³-hybridized carbons (Fsp3) is 0.458. The predicted octanol–water partition coefficient (Wildman–Crippen LogP) is 4.56. The van der Waals surface area contributed by atoms with E-state index in [0.29, 0.717) is 15.6 Å². The van der Waals surface area contributed by atoms with Crippen LogP contribution in [-0.4, -0.2) is 61.6 Å². The molecule has 0 aliphatic carbocycles. The highest BCUT2D eigenvalue weighted by Gasteiger charge is 2.23. The first-order chi connectivity index (χ1) is 15.1. The van der Waals surface area contributed by atoms with E-state index in [1.54, 1.807) is 0 Å². The third-order valence-corrected chi connectivity index (χ3v) is 7.22. The van der Waals surface area contributed by atoms with Crippen LogP contribution < -0.4 is 10.3 Å². The number of anilines is 1. The highest BCUT2D eigenvalue weighted by Crippen LogP contribution is 2.33. The van der Waals surface area contributed by atoms with E-state index in [4.69, 9.17) is 23.2 Å². The van der Waals surface area contributed by atoms with Crippen LogP contribution in [0.1, 0.15) is 29.6 Å². The fourth-order valence-electron chi connectivity index (χ4n) is 4.45. The van der Waals surface area contributed by atoms with Crippen LogP contribution in [-0.2, 0) is 0 Å². The molecule has 0 aromatic heterocycles. The Bertz CT molecular complexity index is 863. The summed E-state index contributed by atoms with van der Waals surface area (Å²) in [5, 5.41) is 3.34. The maximum Gasteiger partial charge on any atom is 0.265 e. The highest BCUT2D eigenvalue weighted by molar-refractivity contribution is 6.43. The van der Waals surface area contributed by atoms with Gasteiger partial charge in [0.15, 0.2) is 0 Å². The molecule has 2 fully saturated rings. The Balaban J connectivity index is 1.15.